The highest BCUT2D eigenvalue weighted by Crippen LogP contribution is 2.47. The molecule has 6 rings (SSSR count). The van der Waals surface area contributed by atoms with Gasteiger partial charge in [0.25, 0.3) is 0 Å². The Morgan fingerprint density at radius 2 is 2.09 bits per heavy atom. The van der Waals surface area contributed by atoms with Crippen LogP contribution in [0.1, 0.15) is 34.9 Å². The van der Waals surface area contributed by atoms with Crippen LogP contribution in [0.25, 0.3) is 10.9 Å². The van der Waals surface area contributed by atoms with Gasteiger partial charge in [-0.3, -0.25) is 9.78 Å². The molecule has 1 N–H and O–H groups in total. The Labute approximate surface area is 208 Å². The minimum atomic E-state index is -0.705. The van der Waals surface area contributed by atoms with E-state index in [2.05, 4.69) is 33.6 Å². The molecule has 0 amide bonds. The van der Waals surface area contributed by atoms with Crippen molar-refractivity contribution in [2.24, 2.45) is 11.8 Å². The quantitative estimate of drug-likeness (QED) is 0.259. The maximum Gasteiger partial charge on any atom is 0.216 e. The Bertz CT molecular complexity index is 1230. The maximum atomic E-state index is 13.4. The predicted octanol–water partition coefficient (Wildman–Crippen LogP) is 5.33. The van der Waals surface area contributed by atoms with Gasteiger partial charge in [0, 0.05) is 40.4 Å². The second-order valence-corrected chi connectivity index (χ2v) is 10.6. The Hall–Kier alpha value is -2.54. The number of aromatic nitrogens is 1. The van der Waals surface area contributed by atoms with E-state index < -0.39 is 6.10 Å². The lowest BCUT2D eigenvalue weighted by Crippen LogP contribution is -2.69. The third-order valence-corrected chi connectivity index (χ3v) is 8.49. The Balaban J connectivity index is 1.53. The lowest BCUT2D eigenvalue weighted by atomic mass is 9.71. The van der Waals surface area contributed by atoms with Gasteiger partial charge in [0.05, 0.1) is 25.7 Å². The van der Waals surface area contributed by atoms with Gasteiger partial charge in [-0.25, -0.2) is 0 Å². The third-order valence-electron chi connectivity index (χ3n) is 7.97. The van der Waals surface area contributed by atoms with Crippen molar-refractivity contribution in [1.29, 1.82) is 0 Å². The summed E-state index contributed by atoms with van der Waals surface area (Å²) in [5, 5.41) is 12.7. The summed E-state index contributed by atoms with van der Waals surface area (Å²) in [7, 11) is 1.64. The fourth-order valence-electron chi connectivity index (χ4n) is 6.13. The van der Waals surface area contributed by atoms with Gasteiger partial charge < -0.3 is 14.3 Å². The average Bonchev–Trinajstić information content (AvgIpc) is 2.87. The van der Waals surface area contributed by atoms with E-state index in [1.165, 1.54) is 0 Å². The number of halogens is 1. The normalized spacial score (nSPS) is 26.9. The molecule has 3 fully saturated rings. The molecule has 0 saturated carbocycles. The van der Waals surface area contributed by atoms with Crippen LogP contribution >= 0.6 is 15.9 Å². The first-order chi connectivity index (χ1) is 16.4. The van der Waals surface area contributed by atoms with E-state index >= 15 is 0 Å². The Morgan fingerprint density at radius 3 is 2.82 bits per heavy atom. The molecule has 3 aliphatic heterocycles. The van der Waals surface area contributed by atoms with Crippen molar-refractivity contribution < 1.29 is 19.1 Å². The Morgan fingerprint density at radius 1 is 1.29 bits per heavy atom. The molecule has 0 spiro atoms. The van der Waals surface area contributed by atoms with Crippen LogP contribution in [0, 0.1) is 11.8 Å². The van der Waals surface area contributed by atoms with Gasteiger partial charge in [-0.1, -0.05) is 34.1 Å². The number of aliphatic hydroxyl groups excluding tert-OH is 1. The van der Waals surface area contributed by atoms with Crippen LogP contribution in [0.5, 0.6) is 5.75 Å². The van der Waals surface area contributed by atoms with Crippen molar-refractivity contribution in [1.82, 2.24) is 4.98 Å². The molecule has 3 saturated heterocycles. The first kappa shape index (κ1) is 23.2. The van der Waals surface area contributed by atoms with Gasteiger partial charge >= 0.3 is 0 Å². The second-order valence-electron chi connectivity index (χ2n) is 9.69. The first-order valence-electron chi connectivity index (χ1n) is 11.8. The highest BCUT2D eigenvalue weighted by molar-refractivity contribution is 9.10. The number of pyridine rings is 1. The fourth-order valence-corrected chi connectivity index (χ4v) is 6.40. The number of carbonyl (C=O) groups excluding carboxylic acids is 1. The van der Waals surface area contributed by atoms with Crippen molar-refractivity contribution in [3.05, 3.63) is 83.0 Å². The molecule has 2 aromatic carbocycles. The number of ketones is 1. The lowest BCUT2D eigenvalue weighted by molar-refractivity contribution is -0.966. The maximum absolute atomic E-state index is 13.4. The van der Waals surface area contributed by atoms with Crippen molar-refractivity contribution >= 4 is 32.6 Å². The number of quaternary nitrogens is 1. The number of ether oxygens (including phenoxy) is 1. The van der Waals surface area contributed by atoms with E-state index in [4.69, 9.17) is 4.74 Å². The number of methoxy groups -OCH3 is 1. The summed E-state index contributed by atoms with van der Waals surface area (Å²) in [5.74, 6) is 1.71. The number of hydrogen-bond donors (Lipinski definition) is 1. The van der Waals surface area contributed by atoms with Gasteiger partial charge in [0.15, 0.2) is 0 Å². The molecule has 0 radical (unpaired) electrons. The molecular weight excluding hydrogens is 492 g/mol. The summed E-state index contributed by atoms with van der Waals surface area (Å²) in [4.78, 5) is 17.9. The zero-order chi connectivity index (χ0) is 23.9. The number of nitrogens with zero attached hydrogens (tertiary/aromatic N) is 2. The molecule has 0 aliphatic carbocycles. The van der Waals surface area contributed by atoms with E-state index in [9.17, 15) is 9.90 Å². The van der Waals surface area contributed by atoms with Crippen molar-refractivity contribution in [2.75, 3.05) is 26.7 Å². The number of benzene rings is 2. The van der Waals surface area contributed by atoms with E-state index in [1.54, 1.807) is 13.3 Å². The number of Topliss-reactive ketones (excluding diaryl/α,β-unsaturated/α-hetero) is 1. The average molecular weight is 522 g/mol. The van der Waals surface area contributed by atoms with Crippen LogP contribution in [0.4, 0.5) is 0 Å². The van der Waals surface area contributed by atoms with Crippen LogP contribution in [0.15, 0.2) is 71.9 Å². The second kappa shape index (κ2) is 9.25. The van der Waals surface area contributed by atoms with Crippen molar-refractivity contribution in [3.8, 4) is 5.75 Å². The number of piperidine rings is 3. The summed E-state index contributed by atoms with van der Waals surface area (Å²) < 4.78 is 6.99. The molecule has 1 aromatic heterocycles. The minimum Gasteiger partial charge on any atom is -0.497 e. The monoisotopic (exact) mass is 521 g/mol. The molecule has 4 heterocycles. The number of hydrogen-bond acceptors (Lipinski definition) is 4. The molecular formula is C28H30BrN2O3+. The molecule has 3 aliphatic rings. The summed E-state index contributed by atoms with van der Waals surface area (Å²) in [6.07, 6.45) is 5.03. The molecule has 3 aromatic rings. The third kappa shape index (κ3) is 4.08. The van der Waals surface area contributed by atoms with E-state index in [1.807, 2.05) is 48.5 Å². The molecule has 5 nitrogen and oxygen atoms in total. The van der Waals surface area contributed by atoms with Gasteiger partial charge in [-0.05, 0) is 47.9 Å². The Kier molecular flexibility index (Phi) is 6.32. The highest BCUT2D eigenvalue weighted by Gasteiger charge is 2.54. The predicted molar refractivity (Wildman–Crippen MR) is 137 cm³/mol. The van der Waals surface area contributed by atoms with Crippen LogP contribution < -0.4 is 4.74 Å². The highest BCUT2D eigenvalue weighted by atomic mass is 79.9. The molecule has 5 atom stereocenters. The number of rotatable bonds is 7. The van der Waals surface area contributed by atoms with Crippen LogP contribution in [0.3, 0.4) is 0 Å². The first-order valence-corrected chi connectivity index (χ1v) is 12.6. The molecule has 6 heteroatoms. The summed E-state index contributed by atoms with van der Waals surface area (Å²) >= 11 is 3.45. The zero-order valence-corrected chi connectivity index (χ0v) is 20.9. The van der Waals surface area contributed by atoms with Crippen LogP contribution in [-0.4, -0.2) is 53.1 Å². The summed E-state index contributed by atoms with van der Waals surface area (Å²) in [5.41, 5.74) is 2.39. The topological polar surface area (TPSA) is 59.4 Å². The minimum absolute atomic E-state index is 0.0638. The largest absolute Gasteiger partial charge is 0.497 e. The summed E-state index contributed by atoms with van der Waals surface area (Å²) in [6, 6.07) is 15.2. The van der Waals surface area contributed by atoms with Gasteiger partial charge in [0.2, 0.25) is 5.78 Å². The summed E-state index contributed by atoms with van der Waals surface area (Å²) in [6.45, 7) is 6.20. The van der Waals surface area contributed by atoms with Crippen LogP contribution in [-0.2, 0) is 0 Å². The SMILES string of the molecule is C=C[C@@H]1C[N@+]2(CC(=O)c3ccc(Br)cc3)CC[C@H]1C[C@@H]2[C@H](O)c1ccnc2ccc(OC)cc12. The van der Waals surface area contributed by atoms with E-state index in [0.717, 1.165) is 52.6 Å². The van der Waals surface area contributed by atoms with Gasteiger partial charge in [-0.2, -0.15) is 0 Å². The molecule has 0 unspecified atom stereocenters. The lowest BCUT2D eigenvalue weighted by Gasteiger charge is -2.57. The zero-order valence-electron chi connectivity index (χ0n) is 19.4. The van der Waals surface area contributed by atoms with Crippen molar-refractivity contribution in [2.45, 2.75) is 25.0 Å². The van der Waals surface area contributed by atoms with Crippen molar-refractivity contribution in [3.63, 3.8) is 0 Å². The van der Waals surface area contributed by atoms with E-state index in [0.29, 0.717) is 28.4 Å². The standard InChI is InChI=1S/C28H30BrN2O3/c1-3-18-16-31(17-27(32)19-4-6-21(29)7-5-19)13-11-20(18)14-26(31)28(33)23-10-12-30-25-9-8-22(34-2)15-24(23)25/h3-10,12,15,18,20,26,28,33H,1,11,13-14,16-17H2,2H3/q+1/t18-,20+,26-,28-,31+/m1/s1. The van der Waals surface area contributed by atoms with Gasteiger partial charge in [-0.15, -0.1) is 6.58 Å². The smallest absolute Gasteiger partial charge is 0.216 e. The van der Waals surface area contributed by atoms with Crippen LogP contribution in [0.2, 0.25) is 0 Å². The fraction of sp³-hybridized carbons (Fsp3) is 0.357. The number of aliphatic hydroxyl groups is 1. The molecule has 2 bridgehead atoms. The number of carbonyl (C=O) groups is 1. The van der Waals surface area contributed by atoms with E-state index in [-0.39, 0.29) is 11.8 Å². The molecule has 176 valence electrons. The molecule has 34 heavy (non-hydrogen) atoms. The van der Waals surface area contributed by atoms with Gasteiger partial charge in [0.1, 0.15) is 24.4 Å². The number of fused-ring (bicyclic) bond motifs is 4.